The van der Waals surface area contributed by atoms with Gasteiger partial charge in [-0.3, -0.25) is 0 Å². The minimum Gasteiger partial charge on any atom is -1.00 e. The molecule has 0 aliphatic heterocycles. The van der Waals surface area contributed by atoms with Crippen LogP contribution in [0.3, 0.4) is 0 Å². The molecule has 0 fully saturated rings. The number of hydrogen-bond donors (Lipinski definition) is 0. The van der Waals surface area contributed by atoms with Crippen LogP contribution >= 0.6 is 23.8 Å². The zero-order valence-electron chi connectivity index (χ0n) is 33.3. The molecule has 9 aromatic rings. The molecule has 0 spiro atoms. The molecule has 0 atom stereocenters. The van der Waals surface area contributed by atoms with Crippen LogP contribution in [0, 0.1) is 0 Å². The molecule has 9 aromatic carbocycles. The molecule has 0 saturated carbocycles. The van der Waals surface area contributed by atoms with Gasteiger partial charge in [-0.05, 0) is 71.5 Å². The minimum atomic E-state index is -0.446. The monoisotopic (exact) mass is 1130 g/mol. The molecule has 0 radical (unpaired) electrons. The Morgan fingerprint density at radius 3 is 0.311 bits per heavy atom. The third kappa shape index (κ3) is 15.3. The summed E-state index contributed by atoms with van der Waals surface area (Å²) in [4.78, 5) is 0. The van der Waals surface area contributed by atoms with Crippen LogP contribution in [0.2, 0.25) is 0 Å². The van der Waals surface area contributed by atoms with Crippen molar-refractivity contribution in [2.45, 2.75) is 0 Å². The molecule has 0 aromatic heterocycles. The van der Waals surface area contributed by atoms with Gasteiger partial charge >= 0.3 is 19.5 Å². The third-order valence-electron chi connectivity index (χ3n) is 9.13. The Labute approximate surface area is 411 Å². The molecule has 0 unspecified atom stereocenters. The Bertz CT molecular complexity index is 1880. The fourth-order valence-corrected chi connectivity index (χ4v) is 13.5. The van der Waals surface area contributed by atoms with E-state index in [9.17, 15) is 0 Å². The average Bonchev–Trinajstić information content (AvgIpc) is 3.30. The summed E-state index contributed by atoms with van der Waals surface area (Å²) in [7, 11) is -1.34. The van der Waals surface area contributed by atoms with Crippen molar-refractivity contribution in [2.75, 3.05) is 0 Å². The van der Waals surface area contributed by atoms with Crippen LogP contribution in [-0.2, 0) is 19.5 Å². The molecule has 0 N–H and O–H groups in total. The van der Waals surface area contributed by atoms with Crippen molar-refractivity contribution in [3.05, 3.63) is 273 Å². The van der Waals surface area contributed by atoms with Crippen molar-refractivity contribution in [3.8, 4) is 0 Å². The fourth-order valence-electron chi connectivity index (χ4n) is 6.54. The van der Waals surface area contributed by atoms with Crippen LogP contribution in [0.4, 0.5) is 0 Å². The van der Waals surface area contributed by atoms with E-state index in [-0.39, 0.29) is 70.4 Å². The number of rotatable bonds is 9. The first-order valence-corrected chi connectivity index (χ1v) is 23.2. The topological polar surface area (TPSA) is 0 Å². The predicted molar refractivity (Wildman–Crippen MR) is 255 cm³/mol. The summed E-state index contributed by atoms with van der Waals surface area (Å²) in [5.41, 5.74) is 0. The summed E-state index contributed by atoms with van der Waals surface area (Å²) >= 11 is 0. The first-order valence-electron chi connectivity index (χ1n) is 19.2. The fraction of sp³-hybridized carbons (Fsp3) is 0. The normalized spacial score (nSPS) is 9.89. The molecule has 0 aliphatic rings. The first kappa shape index (κ1) is 51.7. The summed E-state index contributed by atoms with van der Waals surface area (Å²) < 4.78 is 0. The van der Waals surface area contributed by atoms with E-state index in [4.69, 9.17) is 0 Å². The number of hydrogen-bond acceptors (Lipinski definition) is 0. The Balaban J connectivity index is 0.000000236. The SMILES string of the molecule is [Br-].[Br-].[Br-].[Rh+3].c1ccc(P(c2ccccc2)c2ccccc2)cc1.c1ccc(P(c2ccccc2)c2ccccc2)cc1.c1ccc(P(c2ccccc2)c2ccccc2)cc1. The van der Waals surface area contributed by atoms with Crippen molar-refractivity contribution in [1.82, 2.24) is 0 Å². The standard InChI is InChI=1S/3C18H15P.3BrH.Rh/c3*1-4-10-16(11-5-1)19(17-12-6-2-7-13-17)18-14-8-3-9-15-18;;;;/h3*1-15H;3*1H;/q;;;;;;+3/p-3. The molecule has 0 nitrogen and oxygen atoms in total. The quantitative estimate of drug-likeness (QED) is 0.152. The molecule has 0 saturated heterocycles. The summed E-state index contributed by atoms with van der Waals surface area (Å²) in [6.45, 7) is 0. The molecule has 7 heteroatoms. The maximum Gasteiger partial charge on any atom is 3.00 e. The van der Waals surface area contributed by atoms with Crippen molar-refractivity contribution < 1.29 is 70.4 Å². The largest absolute Gasteiger partial charge is 3.00 e. The number of benzene rings is 9. The molecule has 0 aliphatic carbocycles. The van der Waals surface area contributed by atoms with E-state index in [0.29, 0.717) is 0 Å². The Morgan fingerprint density at radius 1 is 0.148 bits per heavy atom. The van der Waals surface area contributed by atoms with E-state index in [1.165, 1.54) is 47.7 Å². The molecular weight excluding hydrogens is 1080 g/mol. The first-order chi connectivity index (χ1) is 28.3. The van der Waals surface area contributed by atoms with Crippen molar-refractivity contribution in [1.29, 1.82) is 0 Å². The van der Waals surface area contributed by atoms with Gasteiger partial charge in [0.2, 0.25) is 0 Å². The Hall–Kier alpha value is -3.67. The van der Waals surface area contributed by atoms with Crippen molar-refractivity contribution in [2.24, 2.45) is 0 Å². The van der Waals surface area contributed by atoms with E-state index in [1.807, 2.05) is 0 Å². The van der Waals surface area contributed by atoms with Gasteiger partial charge in [-0.2, -0.15) is 0 Å². The van der Waals surface area contributed by atoms with Gasteiger partial charge in [-0.1, -0.05) is 273 Å². The van der Waals surface area contributed by atoms with Crippen LogP contribution in [-0.4, -0.2) is 0 Å². The maximum absolute atomic E-state index is 2.23. The summed E-state index contributed by atoms with van der Waals surface area (Å²) in [5, 5.41) is 12.6. The van der Waals surface area contributed by atoms with Crippen molar-refractivity contribution in [3.63, 3.8) is 0 Å². The maximum atomic E-state index is 2.23. The minimum absolute atomic E-state index is 0. The molecular formula is C54H45Br3P3Rh. The van der Waals surface area contributed by atoms with Gasteiger partial charge in [-0.15, -0.1) is 0 Å². The van der Waals surface area contributed by atoms with E-state index in [2.05, 4.69) is 273 Å². The second-order valence-corrected chi connectivity index (χ2v) is 19.7. The van der Waals surface area contributed by atoms with E-state index >= 15 is 0 Å². The Kier molecular flexibility index (Phi) is 24.4. The molecule has 9 rings (SSSR count). The van der Waals surface area contributed by atoms with Crippen LogP contribution < -0.4 is 98.7 Å². The van der Waals surface area contributed by atoms with Gasteiger partial charge in [0.05, 0.1) is 0 Å². The average molecular weight is 1130 g/mol. The van der Waals surface area contributed by atoms with E-state index in [0.717, 1.165) is 0 Å². The van der Waals surface area contributed by atoms with Gasteiger partial charge in [0.15, 0.2) is 0 Å². The zero-order valence-corrected chi connectivity index (χ0v) is 42.4. The summed E-state index contributed by atoms with van der Waals surface area (Å²) in [6.07, 6.45) is 0. The molecule has 306 valence electrons. The summed E-state index contributed by atoms with van der Waals surface area (Å²) in [6, 6.07) is 97.0. The molecule has 0 bridgehead atoms. The number of halogens is 3. The zero-order chi connectivity index (χ0) is 38.7. The van der Waals surface area contributed by atoms with Crippen LogP contribution in [0.1, 0.15) is 0 Å². The van der Waals surface area contributed by atoms with Gasteiger partial charge in [-0.25, -0.2) is 0 Å². The molecule has 61 heavy (non-hydrogen) atoms. The second-order valence-electron chi connectivity index (χ2n) is 13.0. The van der Waals surface area contributed by atoms with Crippen LogP contribution in [0.25, 0.3) is 0 Å². The molecule has 0 amide bonds. The molecule has 0 heterocycles. The van der Waals surface area contributed by atoms with Crippen LogP contribution in [0.15, 0.2) is 273 Å². The van der Waals surface area contributed by atoms with Crippen LogP contribution in [0.5, 0.6) is 0 Å². The van der Waals surface area contributed by atoms with Gasteiger partial charge in [0.1, 0.15) is 0 Å². The van der Waals surface area contributed by atoms with E-state index < -0.39 is 23.8 Å². The van der Waals surface area contributed by atoms with E-state index in [1.54, 1.807) is 0 Å². The smallest absolute Gasteiger partial charge is 1.00 e. The Morgan fingerprint density at radius 2 is 0.230 bits per heavy atom. The van der Waals surface area contributed by atoms with Gasteiger partial charge in [0, 0.05) is 0 Å². The summed E-state index contributed by atoms with van der Waals surface area (Å²) in [5.74, 6) is 0. The van der Waals surface area contributed by atoms with Gasteiger partial charge < -0.3 is 50.9 Å². The third-order valence-corrected chi connectivity index (χ3v) is 16.5. The van der Waals surface area contributed by atoms with Crippen molar-refractivity contribution >= 4 is 71.5 Å². The predicted octanol–water partition coefficient (Wildman–Crippen LogP) is 1.34. The second kappa shape index (κ2) is 28.8. The van der Waals surface area contributed by atoms with Gasteiger partial charge in [0.25, 0.3) is 0 Å².